The number of piperazine rings is 1. The molecule has 2 rings (SSSR count). The Kier molecular flexibility index (Phi) is 8.79. The molecule has 162 valence electrons. The minimum absolute atomic E-state index is 0.0279. The lowest BCUT2D eigenvalue weighted by molar-refractivity contribution is -0.895. The number of ketones is 1. The van der Waals surface area contributed by atoms with E-state index in [2.05, 4.69) is 12.2 Å². The average molecular weight is 425 g/mol. The number of hydrogen-bond donors (Lipinski definition) is 2. The lowest BCUT2D eigenvalue weighted by Gasteiger charge is -2.31. The van der Waals surface area contributed by atoms with E-state index in [-0.39, 0.29) is 22.6 Å². The molecule has 0 spiro atoms. The SMILES string of the molecule is CCCCC[C@@H](C)NC(=O)C[NH+]1CCN(S(=O)(=O)c2ccc(C(C)=O)cc2)CC1. The number of carbonyl (C=O) groups excluding carboxylic acids is 2. The molecule has 1 fully saturated rings. The third-order valence-electron chi connectivity index (χ3n) is 5.39. The van der Waals surface area contributed by atoms with Crippen LogP contribution in [0.5, 0.6) is 0 Å². The summed E-state index contributed by atoms with van der Waals surface area (Å²) in [7, 11) is -3.58. The van der Waals surface area contributed by atoms with Gasteiger partial charge < -0.3 is 10.2 Å². The standard InChI is InChI=1S/C21H33N3O4S/c1-4-5-6-7-17(2)22-21(26)16-23-12-14-24(15-13-23)29(27,28)20-10-8-19(9-11-20)18(3)25/h8-11,17H,4-7,12-16H2,1-3H3,(H,22,26)/p+1/t17-/m1/s1. The number of rotatable bonds is 10. The van der Waals surface area contributed by atoms with E-state index in [0.29, 0.717) is 38.3 Å². The zero-order valence-corrected chi connectivity index (χ0v) is 18.6. The van der Waals surface area contributed by atoms with E-state index in [1.165, 1.54) is 36.2 Å². The second-order valence-electron chi connectivity index (χ2n) is 7.88. The molecule has 1 aliphatic heterocycles. The molecule has 0 aromatic heterocycles. The van der Waals surface area contributed by atoms with E-state index < -0.39 is 10.0 Å². The summed E-state index contributed by atoms with van der Waals surface area (Å²) < 4.78 is 27.1. The van der Waals surface area contributed by atoms with Crippen molar-refractivity contribution in [3.8, 4) is 0 Å². The fraction of sp³-hybridized carbons (Fsp3) is 0.619. The van der Waals surface area contributed by atoms with Crippen LogP contribution in [0.2, 0.25) is 0 Å². The van der Waals surface area contributed by atoms with Gasteiger partial charge in [-0.25, -0.2) is 8.42 Å². The second kappa shape index (κ2) is 10.8. The summed E-state index contributed by atoms with van der Waals surface area (Å²) in [5.74, 6) is -0.0655. The van der Waals surface area contributed by atoms with E-state index in [4.69, 9.17) is 0 Å². The van der Waals surface area contributed by atoms with Crippen molar-refractivity contribution in [1.29, 1.82) is 0 Å². The molecule has 0 bridgehead atoms. The molecule has 0 aliphatic carbocycles. The summed E-state index contributed by atoms with van der Waals surface area (Å²) in [6.07, 6.45) is 4.45. The molecule has 8 heteroatoms. The first-order valence-corrected chi connectivity index (χ1v) is 11.9. The van der Waals surface area contributed by atoms with Gasteiger partial charge in [-0.15, -0.1) is 0 Å². The summed E-state index contributed by atoms with van der Waals surface area (Å²) in [4.78, 5) is 24.9. The van der Waals surface area contributed by atoms with E-state index >= 15 is 0 Å². The van der Waals surface area contributed by atoms with Gasteiger partial charge in [0.15, 0.2) is 12.3 Å². The van der Waals surface area contributed by atoms with Crippen LogP contribution in [0.25, 0.3) is 0 Å². The van der Waals surface area contributed by atoms with Gasteiger partial charge in [-0.2, -0.15) is 4.31 Å². The van der Waals surface area contributed by atoms with Crippen LogP contribution in [0.15, 0.2) is 29.2 Å². The second-order valence-corrected chi connectivity index (χ2v) is 9.81. The van der Waals surface area contributed by atoms with Gasteiger partial charge in [0.2, 0.25) is 10.0 Å². The quantitative estimate of drug-likeness (QED) is 0.431. The maximum atomic E-state index is 12.8. The molecular formula is C21H34N3O4S+. The third-order valence-corrected chi connectivity index (χ3v) is 7.30. The zero-order valence-electron chi connectivity index (χ0n) is 17.7. The van der Waals surface area contributed by atoms with Crippen molar-refractivity contribution in [2.75, 3.05) is 32.7 Å². The lowest BCUT2D eigenvalue weighted by Crippen LogP contribution is -3.15. The molecule has 0 unspecified atom stereocenters. The fourth-order valence-electron chi connectivity index (χ4n) is 3.56. The summed E-state index contributed by atoms with van der Waals surface area (Å²) in [5, 5.41) is 3.05. The lowest BCUT2D eigenvalue weighted by atomic mass is 10.1. The number of Topliss-reactive ketones (excluding diaryl/α,β-unsaturated/α-hetero) is 1. The molecule has 1 heterocycles. The van der Waals surface area contributed by atoms with Crippen LogP contribution in [0.4, 0.5) is 0 Å². The highest BCUT2D eigenvalue weighted by Crippen LogP contribution is 2.16. The maximum Gasteiger partial charge on any atom is 0.275 e. The van der Waals surface area contributed by atoms with Crippen LogP contribution >= 0.6 is 0 Å². The first-order valence-electron chi connectivity index (χ1n) is 10.5. The summed E-state index contributed by atoms with van der Waals surface area (Å²) in [5.41, 5.74) is 0.494. The van der Waals surface area contributed by atoms with Crippen molar-refractivity contribution in [1.82, 2.24) is 9.62 Å². The van der Waals surface area contributed by atoms with Crippen LogP contribution < -0.4 is 10.2 Å². The van der Waals surface area contributed by atoms with Crippen LogP contribution in [0, 0.1) is 0 Å². The Labute approximate surface area is 174 Å². The highest BCUT2D eigenvalue weighted by Gasteiger charge is 2.31. The molecule has 1 aliphatic rings. The van der Waals surface area contributed by atoms with E-state index in [0.717, 1.165) is 17.7 Å². The predicted molar refractivity (Wildman–Crippen MR) is 113 cm³/mol. The normalized spacial score (nSPS) is 17.1. The maximum absolute atomic E-state index is 12.8. The largest absolute Gasteiger partial charge is 0.349 e. The highest BCUT2D eigenvalue weighted by atomic mass is 32.2. The Hall–Kier alpha value is -1.77. The van der Waals surface area contributed by atoms with Gasteiger partial charge in [-0.3, -0.25) is 9.59 Å². The smallest absolute Gasteiger partial charge is 0.275 e. The molecule has 1 atom stereocenters. The third kappa shape index (κ3) is 6.90. The van der Waals surface area contributed by atoms with Crippen LogP contribution in [-0.4, -0.2) is 63.2 Å². The number of nitrogens with one attached hydrogen (secondary N) is 2. The van der Waals surface area contributed by atoms with Crippen molar-refractivity contribution in [2.24, 2.45) is 0 Å². The monoisotopic (exact) mass is 424 g/mol. The number of benzene rings is 1. The highest BCUT2D eigenvalue weighted by molar-refractivity contribution is 7.89. The predicted octanol–water partition coefficient (Wildman–Crippen LogP) is 0.863. The van der Waals surface area contributed by atoms with Gasteiger partial charge in [0.25, 0.3) is 5.91 Å². The van der Waals surface area contributed by atoms with E-state index in [1.54, 1.807) is 12.1 Å². The van der Waals surface area contributed by atoms with Gasteiger partial charge in [0.05, 0.1) is 31.1 Å². The molecule has 29 heavy (non-hydrogen) atoms. The van der Waals surface area contributed by atoms with Crippen molar-refractivity contribution < 1.29 is 22.9 Å². The molecule has 0 radical (unpaired) electrons. The van der Waals surface area contributed by atoms with Crippen LogP contribution in [-0.2, 0) is 14.8 Å². The van der Waals surface area contributed by atoms with Gasteiger partial charge in [-0.1, -0.05) is 38.3 Å². The van der Waals surface area contributed by atoms with Crippen molar-refractivity contribution in [3.05, 3.63) is 29.8 Å². The number of hydrogen-bond acceptors (Lipinski definition) is 4. The number of carbonyl (C=O) groups is 2. The minimum atomic E-state index is -3.58. The summed E-state index contributed by atoms with van der Waals surface area (Å²) in [6.45, 7) is 7.98. The molecule has 1 amide bonds. The Balaban J connectivity index is 1.83. The Morgan fingerprint density at radius 1 is 1.14 bits per heavy atom. The number of unbranched alkanes of at least 4 members (excludes halogenated alkanes) is 2. The zero-order chi connectivity index (χ0) is 21.4. The minimum Gasteiger partial charge on any atom is -0.349 e. The molecule has 1 aromatic carbocycles. The van der Waals surface area contributed by atoms with Gasteiger partial charge >= 0.3 is 0 Å². The van der Waals surface area contributed by atoms with Gasteiger partial charge in [-0.05, 0) is 32.4 Å². The first kappa shape index (κ1) is 23.5. The Bertz CT molecular complexity index is 785. The molecule has 0 saturated carbocycles. The number of sulfonamides is 1. The fourth-order valence-corrected chi connectivity index (χ4v) is 5.00. The van der Waals surface area contributed by atoms with Crippen LogP contribution in [0.1, 0.15) is 56.8 Å². The summed E-state index contributed by atoms with van der Waals surface area (Å²) in [6, 6.07) is 6.23. The van der Waals surface area contributed by atoms with E-state index in [9.17, 15) is 18.0 Å². The average Bonchev–Trinajstić information content (AvgIpc) is 2.68. The molecule has 7 nitrogen and oxygen atoms in total. The van der Waals surface area contributed by atoms with Gasteiger partial charge in [0.1, 0.15) is 0 Å². The van der Waals surface area contributed by atoms with Crippen molar-refractivity contribution in [3.63, 3.8) is 0 Å². The molecule has 2 N–H and O–H groups in total. The first-order chi connectivity index (χ1) is 13.7. The number of nitrogens with zero attached hydrogens (tertiary/aromatic N) is 1. The topological polar surface area (TPSA) is 88.0 Å². The van der Waals surface area contributed by atoms with Crippen molar-refractivity contribution >= 4 is 21.7 Å². The number of amides is 1. The Morgan fingerprint density at radius 3 is 2.31 bits per heavy atom. The Morgan fingerprint density at radius 2 is 1.76 bits per heavy atom. The van der Waals surface area contributed by atoms with Gasteiger partial charge in [0, 0.05) is 11.6 Å². The molecular weight excluding hydrogens is 390 g/mol. The number of quaternary nitrogens is 1. The van der Waals surface area contributed by atoms with E-state index in [1.807, 2.05) is 6.92 Å². The van der Waals surface area contributed by atoms with Crippen molar-refractivity contribution in [2.45, 2.75) is 57.4 Å². The molecule has 1 aromatic rings. The molecule has 1 saturated heterocycles. The summed E-state index contributed by atoms with van der Waals surface area (Å²) >= 11 is 0. The van der Waals surface area contributed by atoms with Crippen LogP contribution in [0.3, 0.4) is 0 Å².